The molecule has 1 saturated carbocycles. The van der Waals surface area contributed by atoms with Crippen LogP contribution in [0.5, 0.6) is 0 Å². The summed E-state index contributed by atoms with van der Waals surface area (Å²) in [6, 6.07) is 4.62. The zero-order valence-electron chi connectivity index (χ0n) is 13.6. The second kappa shape index (κ2) is 8.35. The molecule has 21 heavy (non-hydrogen) atoms. The van der Waals surface area contributed by atoms with Gasteiger partial charge in [0, 0.05) is 32.4 Å². The van der Waals surface area contributed by atoms with E-state index in [4.69, 9.17) is 4.74 Å². The van der Waals surface area contributed by atoms with Crippen LogP contribution < -0.4 is 10.2 Å². The molecule has 0 radical (unpaired) electrons. The Morgan fingerprint density at radius 2 is 2.24 bits per heavy atom. The van der Waals surface area contributed by atoms with E-state index in [2.05, 4.69) is 48.2 Å². The minimum absolute atomic E-state index is 0.360. The van der Waals surface area contributed by atoms with Crippen molar-refractivity contribution in [3.8, 4) is 0 Å². The fourth-order valence-corrected chi connectivity index (χ4v) is 2.21. The third-order valence-electron chi connectivity index (χ3n) is 3.98. The molecule has 4 nitrogen and oxygen atoms in total. The van der Waals surface area contributed by atoms with Crippen LogP contribution in [0.25, 0.3) is 0 Å². The van der Waals surface area contributed by atoms with Gasteiger partial charge in [-0.2, -0.15) is 0 Å². The summed E-state index contributed by atoms with van der Waals surface area (Å²) in [7, 11) is 2.07. The Kier molecular flexibility index (Phi) is 6.46. The summed E-state index contributed by atoms with van der Waals surface area (Å²) in [5.41, 5.74) is 1.24. The van der Waals surface area contributed by atoms with Crippen LogP contribution in [0.2, 0.25) is 0 Å². The molecular formula is C17H29N3O. The summed E-state index contributed by atoms with van der Waals surface area (Å²) in [6.45, 7) is 8.01. The maximum absolute atomic E-state index is 5.68. The van der Waals surface area contributed by atoms with Crippen LogP contribution in [0.15, 0.2) is 18.3 Å². The molecule has 1 unspecified atom stereocenters. The molecule has 1 heterocycles. The molecule has 0 bridgehead atoms. The Morgan fingerprint density at radius 1 is 1.43 bits per heavy atom. The predicted octanol–water partition coefficient (Wildman–Crippen LogP) is 3.01. The highest BCUT2D eigenvalue weighted by atomic mass is 16.5. The van der Waals surface area contributed by atoms with Gasteiger partial charge in [-0.3, -0.25) is 0 Å². The molecule has 4 heteroatoms. The van der Waals surface area contributed by atoms with Crippen molar-refractivity contribution in [2.45, 2.75) is 39.2 Å². The van der Waals surface area contributed by atoms with Crippen molar-refractivity contribution in [3.63, 3.8) is 0 Å². The number of nitrogens with zero attached hydrogens (tertiary/aromatic N) is 2. The van der Waals surface area contributed by atoms with Gasteiger partial charge in [0.2, 0.25) is 0 Å². The summed E-state index contributed by atoms with van der Waals surface area (Å²) >= 11 is 0. The number of hydrogen-bond acceptors (Lipinski definition) is 4. The first-order valence-corrected chi connectivity index (χ1v) is 8.19. The van der Waals surface area contributed by atoms with Gasteiger partial charge in [0.15, 0.2) is 0 Å². The lowest BCUT2D eigenvalue weighted by molar-refractivity contribution is 0.131. The van der Waals surface area contributed by atoms with Crippen LogP contribution in [-0.2, 0) is 4.74 Å². The van der Waals surface area contributed by atoms with Crippen molar-refractivity contribution in [3.05, 3.63) is 23.9 Å². The Balaban J connectivity index is 1.74. The Morgan fingerprint density at radius 3 is 2.86 bits per heavy atom. The maximum Gasteiger partial charge on any atom is 0.128 e. The molecule has 1 aromatic rings. The van der Waals surface area contributed by atoms with Crippen molar-refractivity contribution in [1.82, 2.24) is 10.3 Å². The first kappa shape index (κ1) is 16.2. The highest BCUT2D eigenvalue weighted by molar-refractivity contribution is 5.38. The van der Waals surface area contributed by atoms with Crippen LogP contribution >= 0.6 is 0 Å². The van der Waals surface area contributed by atoms with E-state index >= 15 is 0 Å². The number of rotatable bonds is 10. The number of nitrogens with one attached hydrogen (secondary N) is 1. The number of anilines is 1. The van der Waals surface area contributed by atoms with Crippen LogP contribution in [-0.4, -0.2) is 38.3 Å². The SMILES string of the molecule is CCCNC(C)c1ccc(N(C)CCOCC2CC2)nc1. The number of aromatic nitrogens is 1. The minimum Gasteiger partial charge on any atom is -0.379 e. The van der Waals surface area contributed by atoms with Gasteiger partial charge in [-0.1, -0.05) is 13.0 Å². The fraction of sp³-hybridized carbons (Fsp3) is 0.706. The van der Waals surface area contributed by atoms with Gasteiger partial charge < -0.3 is 15.0 Å². The Labute approximate surface area is 128 Å². The maximum atomic E-state index is 5.68. The van der Waals surface area contributed by atoms with Crippen molar-refractivity contribution in [2.75, 3.05) is 38.3 Å². The van der Waals surface area contributed by atoms with Gasteiger partial charge in [0.25, 0.3) is 0 Å². The standard InChI is InChI=1S/C17H29N3O/c1-4-9-18-14(2)16-7-8-17(19-12-16)20(3)10-11-21-13-15-5-6-15/h7-8,12,14-15,18H,4-6,9-11,13H2,1-3H3. The lowest BCUT2D eigenvalue weighted by atomic mass is 10.1. The van der Waals surface area contributed by atoms with Crippen LogP contribution in [0, 0.1) is 5.92 Å². The van der Waals surface area contributed by atoms with E-state index in [1.54, 1.807) is 0 Å². The second-order valence-electron chi connectivity index (χ2n) is 6.07. The summed E-state index contributed by atoms with van der Waals surface area (Å²) in [6.07, 6.45) is 5.83. The van der Waals surface area contributed by atoms with Crippen LogP contribution in [0.3, 0.4) is 0 Å². The van der Waals surface area contributed by atoms with Gasteiger partial charge >= 0.3 is 0 Å². The average molecular weight is 291 g/mol. The molecule has 1 fully saturated rings. The van der Waals surface area contributed by atoms with Gasteiger partial charge in [0.1, 0.15) is 5.82 Å². The van der Waals surface area contributed by atoms with Crippen molar-refractivity contribution in [1.29, 1.82) is 0 Å². The summed E-state index contributed by atoms with van der Waals surface area (Å²) in [5, 5.41) is 3.48. The lowest BCUT2D eigenvalue weighted by Gasteiger charge is -2.19. The number of hydrogen-bond donors (Lipinski definition) is 1. The zero-order chi connectivity index (χ0) is 15.1. The molecule has 1 aromatic heterocycles. The molecule has 0 aromatic carbocycles. The molecule has 1 atom stereocenters. The average Bonchev–Trinajstić information content (AvgIpc) is 3.33. The van der Waals surface area contributed by atoms with Gasteiger partial charge in [-0.25, -0.2) is 4.98 Å². The quantitative estimate of drug-likeness (QED) is 0.672. The Bertz CT molecular complexity index is 403. The monoisotopic (exact) mass is 291 g/mol. The molecule has 118 valence electrons. The van der Waals surface area contributed by atoms with E-state index in [-0.39, 0.29) is 0 Å². The van der Waals surface area contributed by atoms with Crippen LogP contribution in [0.4, 0.5) is 5.82 Å². The van der Waals surface area contributed by atoms with E-state index in [9.17, 15) is 0 Å². The third kappa shape index (κ3) is 5.64. The Hall–Kier alpha value is -1.13. The molecule has 1 N–H and O–H groups in total. The molecule has 2 rings (SSSR count). The highest BCUT2D eigenvalue weighted by Crippen LogP contribution is 2.28. The van der Waals surface area contributed by atoms with E-state index in [1.165, 1.54) is 18.4 Å². The number of ether oxygens (including phenoxy) is 1. The van der Waals surface area contributed by atoms with E-state index in [0.29, 0.717) is 6.04 Å². The molecule has 1 aliphatic rings. The number of likely N-dealkylation sites (N-methyl/N-ethyl adjacent to an activating group) is 1. The van der Waals surface area contributed by atoms with E-state index in [0.717, 1.165) is 44.5 Å². The highest BCUT2D eigenvalue weighted by Gasteiger charge is 2.21. The second-order valence-corrected chi connectivity index (χ2v) is 6.07. The van der Waals surface area contributed by atoms with Crippen molar-refractivity contribution < 1.29 is 4.74 Å². The summed E-state index contributed by atoms with van der Waals surface area (Å²) in [5.74, 6) is 1.85. The van der Waals surface area contributed by atoms with Crippen molar-refractivity contribution in [2.24, 2.45) is 5.92 Å². The minimum atomic E-state index is 0.360. The molecule has 0 saturated heterocycles. The predicted molar refractivity (Wildman–Crippen MR) is 87.8 cm³/mol. The topological polar surface area (TPSA) is 37.4 Å². The third-order valence-corrected chi connectivity index (χ3v) is 3.98. The fourth-order valence-electron chi connectivity index (χ4n) is 2.21. The largest absolute Gasteiger partial charge is 0.379 e. The first-order chi connectivity index (χ1) is 10.2. The van der Waals surface area contributed by atoms with E-state index < -0.39 is 0 Å². The van der Waals surface area contributed by atoms with Crippen molar-refractivity contribution >= 4 is 5.82 Å². The van der Waals surface area contributed by atoms with E-state index in [1.807, 2.05) is 6.20 Å². The molecule has 1 aliphatic carbocycles. The number of pyridine rings is 1. The molecule has 0 spiro atoms. The van der Waals surface area contributed by atoms with Crippen LogP contribution in [0.1, 0.15) is 44.7 Å². The van der Waals surface area contributed by atoms with Gasteiger partial charge in [-0.05, 0) is 50.3 Å². The normalized spacial score (nSPS) is 16.0. The summed E-state index contributed by atoms with van der Waals surface area (Å²) in [4.78, 5) is 6.72. The molecule has 0 aliphatic heterocycles. The summed E-state index contributed by atoms with van der Waals surface area (Å²) < 4.78 is 5.68. The lowest BCUT2D eigenvalue weighted by Crippen LogP contribution is -2.24. The first-order valence-electron chi connectivity index (χ1n) is 8.19. The zero-order valence-corrected chi connectivity index (χ0v) is 13.6. The smallest absolute Gasteiger partial charge is 0.128 e. The van der Waals surface area contributed by atoms with Gasteiger partial charge in [0.05, 0.1) is 6.61 Å². The van der Waals surface area contributed by atoms with Gasteiger partial charge in [-0.15, -0.1) is 0 Å². The molecular weight excluding hydrogens is 262 g/mol. The molecule has 0 amide bonds.